The summed E-state index contributed by atoms with van der Waals surface area (Å²) >= 11 is 0. The van der Waals surface area contributed by atoms with Gasteiger partial charge in [-0.3, -0.25) is 14.4 Å². The van der Waals surface area contributed by atoms with Gasteiger partial charge in [0.05, 0.1) is 5.56 Å². The van der Waals surface area contributed by atoms with Gasteiger partial charge in [0, 0.05) is 64.7 Å². The first-order valence-electron chi connectivity index (χ1n) is 11.9. The number of piperidine rings is 1. The number of nitrogens with zero attached hydrogens (tertiary/aromatic N) is 3. The molecule has 3 fully saturated rings. The number of nitrogens with one attached hydrogen (secondary N) is 1. The Hall–Kier alpha value is -2.65. The molecular weight excluding hydrogens is 424 g/mol. The van der Waals surface area contributed by atoms with Crippen LogP contribution in [0, 0.1) is 0 Å². The standard InChI is InChI=1S/C24H34N4O5/c1-32-17-22(29)25-18-8-10-26(11-9-18)20-6-3-2-5-19(20)23(30)27-12-14-28(15-13-27)24(31)21-7-4-16-33-21/h2-3,5-6,18,21H,4,7-17H2,1H3,(H,25,29)/t21-/m0/s1. The Bertz CT molecular complexity index is 841. The lowest BCUT2D eigenvalue weighted by atomic mass is 10.0. The maximum absolute atomic E-state index is 13.4. The number of carbonyl (C=O) groups is 3. The summed E-state index contributed by atoms with van der Waals surface area (Å²) in [5, 5.41) is 3.01. The molecule has 0 unspecified atom stereocenters. The van der Waals surface area contributed by atoms with Gasteiger partial charge in [0.25, 0.3) is 11.8 Å². The predicted molar refractivity (Wildman–Crippen MR) is 123 cm³/mol. The lowest BCUT2D eigenvalue weighted by molar-refractivity contribution is -0.142. The van der Waals surface area contributed by atoms with Crippen LogP contribution in [0.25, 0.3) is 0 Å². The van der Waals surface area contributed by atoms with E-state index in [-0.39, 0.29) is 36.5 Å². The van der Waals surface area contributed by atoms with Gasteiger partial charge in [-0.2, -0.15) is 0 Å². The third-order valence-corrected chi connectivity index (χ3v) is 6.69. The average Bonchev–Trinajstić information content (AvgIpc) is 3.39. The second-order valence-electron chi connectivity index (χ2n) is 8.90. The Labute approximate surface area is 195 Å². The SMILES string of the molecule is COCC(=O)NC1CCN(c2ccccc2C(=O)N2CCN(C(=O)[C@@H]3CCCO3)CC2)CC1. The zero-order chi connectivity index (χ0) is 23.2. The smallest absolute Gasteiger partial charge is 0.256 e. The number of hydrogen-bond acceptors (Lipinski definition) is 6. The first kappa shape index (κ1) is 23.5. The molecule has 3 amide bonds. The molecule has 1 atom stereocenters. The molecule has 1 N–H and O–H groups in total. The Balaban J connectivity index is 1.33. The summed E-state index contributed by atoms with van der Waals surface area (Å²) in [5.74, 6) is -0.0329. The van der Waals surface area contributed by atoms with Gasteiger partial charge in [-0.15, -0.1) is 0 Å². The fraction of sp³-hybridized carbons (Fsp3) is 0.625. The summed E-state index contributed by atoms with van der Waals surface area (Å²) < 4.78 is 10.4. The van der Waals surface area contributed by atoms with E-state index in [1.807, 2.05) is 34.1 Å². The summed E-state index contributed by atoms with van der Waals surface area (Å²) in [5.41, 5.74) is 1.63. The fourth-order valence-electron chi connectivity index (χ4n) is 4.87. The molecule has 1 aromatic rings. The van der Waals surface area contributed by atoms with Crippen LogP contribution >= 0.6 is 0 Å². The molecule has 3 heterocycles. The van der Waals surface area contributed by atoms with Crippen molar-refractivity contribution in [3.8, 4) is 0 Å². The van der Waals surface area contributed by atoms with Crippen molar-refractivity contribution in [1.82, 2.24) is 15.1 Å². The van der Waals surface area contributed by atoms with E-state index >= 15 is 0 Å². The van der Waals surface area contributed by atoms with Crippen LogP contribution in [0.2, 0.25) is 0 Å². The Kier molecular flexibility index (Phi) is 7.82. The molecular formula is C24H34N4O5. The van der Waals surface area contributed by atoms with Gasteiger partial charge in [0.1, 0.15) is 12.7 Å². The minimum absolute atomic E-state index is 0.00494. The number of carbonyl (C=O) groups excluding carboxylic acids is 3. The Morgan fingerprint density at radius 2 is 1.70 bits per heavy atom. The molecule has 33 heavy (non-hydrogen) atoms. The van der Waals surface area contributed by atoms with Crippen LogP contribution < -0.4 is 10.2 Å². The minimum atomic E-state index is -0.310. The molecule has 4 rings (SSSR count). The zero-order valence-corrected chi connectivity index (χ0v) is 19.3. The number of piperazine rings is 1. The number of amides is 3. The third-order valence-electron chi connectivity index (χ3n) is 6.69. The van der Waals surface area contributed by atoms with Crippen LogP contribution in [0.5, 0.6) is 0 Å². The molecule has 9 heteroatoms. The molecule has 3 aliphatic rings. The average molecular weight is 459 g/mol. The lowest BCUT2D eigenvalue weighted by Crippen LogP contribution is -2.53. The number of para-hydroxylation sites is 1. The number of anilines is 1. The van der Waals surface area contributed by atoms with Crippen molar-refractivity contribution in [3.05, 3.63) is 29.8 Å². The van der Waals surface area contributed by atoms with Crippen LogP contribution in [0.1, 0.15) is 36.0 Å². The van der Waals surface area contributed by atoms with Crippen molar-refractivity contribution < 1.29 is 23.9 Å². The third kappa shape index (κ3) is 5.65. The first-order valence-corrected chi connectivity index (χ1v) is 11.9. The van der Waals surface area contributed by atoms with Gasteiger partial charge in [-0.05, 0) is 37.8 Å². The molecule has 180 valence electrons. The predicted octanol–water partition coefficient (Wildman–Crippen LogP) is 0.881. The van der Waals surface area contributed by atoms with E-state index < -0.39 is 0 Å². The minimum Gasteiger partial charge on any atom is -0.375 e. The second-order valence-corrected chi connectivity index (χ2v) is 8.90. The number of methoxy groups -OCH3 is 1. The van der Waals surface area contributed by atoms with Crippen molar-refractivity contribution in [1.29, 1.82) is 0 Å². The molecule has 1 aromatic carbocycles. The van der Waals surface area contributed by atoms with Gasteiger partial charge in [0.15, 0.2) is 0 Å². The van der Waals surface area contributed by atoms with E-state index in [1.165, 1.54) is 7.11 Å². The molecule has 0 radical (unpaired) electrons. The quantitative estimate of drug-likeness (QED) is 0.681. The van der Waals surface area contributed by atoms with Crippen LogP contribution in [0.4, 0.5) is 5.69 Å². The second kappa shape index (κ2) is 11.0. The van der Waals surface area contributed by atoms with E-state index in [0.29, 0.717) is 38.3 Å². The summed E-state index contributed by atoms with van der Waals surface area (Å²) in [4.78, 5) is 43.7. The number of benzene rings is 1. The van der Waals surface area contributed by atoms with Gasteiger partial charge in [0.2, 0.25) is 5.91 Å². The van der Waals surface area contributed by atoms with Crippen LogP contribution in [0.15, 0.2) is 24.3 Å². The largest absolute Gasteiger partial charge is 0.375 e. The number of rotatable bonds is 6. The molecule has 0 aliphatic carbocycles. The van der Waals surface area contributed by atoms with E-state index in [1.54, 1.807) is 0 Å². The summed E-state index contributed by atoms with van der Waals surface area (Å²) in [7, 11) is 1.51. The zero-order valence-electron chi connectivity index (χ0n) is 19.3. The van der Waals surface area contributed by atoms with E-state index in [0.717, 1.165) is 44.5 Å². The maximum atomic E-state index is 13.4. The van der Waals surface area contributed by atoms with Gasteiger partial charge in [-0.1, -0.05) is 12.1 Å². The summed E-state index contributed by atoms with van der Waals surface area (Å²) in [6, 6.07) is 7.85. The molecule has 3 saturated heterocycles. The molecule has 0 spiro atoms. The monoisotopic (exact) mass is 458 g/mol. The van der Waals surface area contributed by atoms with Gasteiger partial charge >= 0.3 is 0 Å². The highest BCUT2D eigenvalue weighted by Crippen LogP contribution is 2.26. The Morgan fingerprint density at radius 1 is 1.00 bits per heavy atom. The fourth-order valence-corrected chi connectivity index (χ4v) is 4.87. The van der Waals surface area contributed by atoms with Crippen LogP contribution in [0.3, 0.4) is 0 Å². The molecule has 0 aromatic heterocycles. The highest BCUT2D eigenvalue weighted by molar-refractivity contribution is 6.00. The van der Waals surface area contributed by atoms with Crippen molar-refractivity contribution in [2.24, 2.45) is 0 Å². The summed E-state index contributed by atoms with van der Waals surface area (Å²) in [6.07, 6.45) is 3.06. The summed E-state index contributed by atoms with van der Waals surface area (Å²) in [6.45, 7) is 4.40. The van der Waals surface area contributed by atoms with Crippen molar-refractivity contribution in [2.45, 2.75) is 37.8 Å². The van der Waals surface area contributed by atoms with E-state index in [9.17, 15) is 14.4 Å². The first-order chi connectivity index (χ1) is 16.1. The van der Waals surface area contributed by atoms with Crippen molar-refractivity contribution in [2.75, 3.05) is 64.5 Å². The molecule has 0 saturated carbocycles. The van der Waals surface area contributed by atoms with Crippen molar-refractivity contribution >= 4 is 23.4 Å². The number of hydrogen-bond donors (Lipinski definition) is 1. The van der Waals surface area contributed by atoms with Gasteiger partial charge in [-0.25, -0.2) is 0 Å². The van der Waals surface area contributed by atoms with E-state index in [4.69, 9.17) is 9.47 Å². The lowest BCUT2D eigenvalue weighted by Gasteiger charge is -2.37. The highest BCUT2D eigenvalue weighted by atomic mass is 16.5. The normalized spacial score (nSPS) is 21.8. The Morgan fingerprint density at radius 3 is 2.36 bits per heavy atom. The molecule has 3 aliphatic heterocycles. The van der Waals surface area contributed by atoms with E-state index in [2.05, 4.69) is 10.2 Å². The van der Waals surface area contributed by atoms with Crippen LogP contribution in [-0.4, -0.2) is 99.3 Å². The highest BCUT2D eigenvalue weighted by Gasteiger charge is 2.32. The molecule has 0 bridgehead atoms. The van der Waals surface area contributed by atoms with Crippen LogP contribution in [-0.2, 0) is 19.1 Å². The number of ether oxygens (including phenoxy) is 2. The van der Waals surface area contributed by atoms with Gasteiger partial charge < -0.3 is 29.5 Å². The molecule has 9 nitrogen and oxygen atoms in total. The van der Waals surface area contributed by atoms with Crippen molar-refractivity contribution in [3.63, 3.8) is 0 Å². The maximum Gasteiger partial charge on any atom is 0.256 e. The topological polar surface area (TPSA) is 91.4 Å².